The molecule has 1 aliphatic heterocycles. The van der Waals surface area contributed by atoms with Crippen molar-refractivity contribution in [1.29, 1.82) is 0 Å². The van der Waals surface area contributed by atoms with Crippen LogP contribution in [-0.2, 0) is 4.92 Å². The fourth-order valence-electron chi connectivity index (χ4n) is 1.12. The summed E-state index contributed by atoms with van der Waals surface area (Å²) in [7, 11) is 0. The van der Waals surface area contributed by atoms with E-state index < -0.39 is 0 Å². The van der Waals surface area contributed by atoms with Gasteiger partial charge in [0.05, 0.1) is 0 Å². The van der Waals surface area contributed by atoms with Gasteiger partial charge in [-0.1, -0.05) is 0 Å². The fourth-order valence-corrected chi connectivity index (χ4v) is 1.12. The molecule has 1 saturated heterocycles. The van der Waals surface area contributed by atoms with E-state index in [0.717, 1.165) is 39.3 Å². The van der Waals surface area contributed by atoms with Crippen LogP contribution in [0.2, 0.25) is 0 Å². The molecule has 0 aliphatic carbocycles. The Balaban J connectivity index is 0.000000310. The molecule has 0 unspecified atom stereocenters. The second-order valence-corrected chi connectivity index (χ2v) is 37.9. The zero-order valence-corrected chi connectivity index (χ0v) is 15.2. The van der Waals surface area contributed by atoms with Crippen molar-refractivity contribution in [2.45, 2.75) is 0 Å². The zero-order chi connectivity index (χ0) is 10.1. The quantitative estimate of drug-likeness (QED) is 0.504. The molecule has 3 nitrogen and oxygen atoms in total. The third-order valence-corrected chi connectivity index (χ3v) is 1.65. The van der Waals surface area contributed by atoms with E-state index in [1.165, 1.54) is 0 Å². The molecule has 0 aromatic heterocycles. The summed E-state index contributed by atoms with van der Waals surface area (Å²) in [6.45, 7) is 6.43. The summed E-state index contributed by atoms with van der Waals surface area (Å²) in [5, 5.41) is 3.29. The summed E-state index contributed by atoms with van der Waals surface area (Å²) in [4.78, 5) is 2.11. The van der Waals surface area contributed by atoms with E-state index in [4.69, 9.17) is 5.73 Å². The second-order valence-electron chi connectivity index (χ2n) is 2.57. The Hall–Kier alpha value is 2.65. The van der Waals surface area contributed by atoms with Crippen LogP contribution in [0.3, 0.4) is 0 Å². The predicted octanol–water partition coefficient (Wildman–Crippen LogP) is 1.50. The van der Waals surface area contributed by atoms with Crippen molar-refractivity contribution in [3.8, 4) is 0 Å². The molecular formula is C6H15I3N3V. The van der Waals surface area contributed by atoms with Gasteiger partial charge in [0.2, 0.25) is 0 Å². The first-order valence-corrected chi connectivity index (χ1v) is 17.6. The molecule has 0 amide bonds. The summed E-state index contributed by atoms with van der Waals surface area (Å²) < 4.78 is 0. The van der Waals surface area contributed by atoms with Crippen LogP contribution >= 0.6 is 59.9 Å². The molecule has 0 radical (unpaired) electrons. The van der Waals surface area contributed by atoms with E-state index in [-0.39, 0.29) is 4.92 Å². The Labute approximate surface area is 118 Å². The molecule has 1 aliphatic rings. The molecule has 13 heavy (non-hydrogen) atoms. The maximum atomic E-state index is 5.40. The van der Waals surface area contributed by atoms with Gasteiger partial charge in [0, 0.05) is 39.3 Å². The number of nitrogens with one attached hydrogen (secondary N) is 1. The van der Waals surface area contributed by atoms with Crippen molar-refractivity contribution >= 4 is 59.9 Å². The number of halogens is 3. The van der Waals surface area contributed by atoms with Crippen molar-refractivity contribution in [2.75, 3.05) is 39.3 Å². The minimum absolute atomic E-state index is 0.278. The van der Waals surface area contributed by atoms with Crippen LogP contribution in [0.5, 0.6) is 0 Å². The number of hydrogen-bond donors (Lipinski definition) is 2. The average Bonchev–Trinajstić information content (AvgIpc) is 2.06. The Kier molecular flexibility index (Phi) is 13.4. The van der Waals surface area contributed by atoms with Gasteiger partial charge in [-0.15, -0.1) is 0 Å². The van der Waals surface area contributed by atoms with Crippen molar-refractivity contribution in [3.63, 3.8) is 0 Å². The van der Waals surface area contributed by atoms with Gasteiger partial charge >= 0.3 is 64.9 Å². The monoisotopic (exact) mass is 561 g/mol. The van der Waals surface area contributed by atoms with Crippen LogP contribution < -0.4 is 11.1 Å². The molecule has 3 N–H and O–H groups in total. The van der Waals surface area contributed by atoms with Crippen LogP contribution in [0, 0.1) is 0 Å². The standard InChI is InChI=1S/C6H15N3.3HI.V/c7-1-4-9-5-2-8-3-6-9;;;;/h8H,1-7H2;3*1H;/q;;;;+3/p-3. The van der Waals surface area contributed by atoms with Gasteiger partial charge in [0.15, 0.2) is 0 Å². The first-order valence-electron chi connectivity index (χ1n) is 4.07. The Morgan fingerprint density at radius 2 is 1.69 bits per heavy atom. The summed E-state index contributed by atoms with van der Waals surface area (Å²) in [5.41, 5.74) is 5.40. The van der Waals surface area contributed by atoms with Gasteiger partial charge in [0.1, 0.15) is 0 Å². The van der Waals surface area contributed by atoms with Crippen LogP contribution in [-0.4, -0.2) is 44.2 Å². The molecule has 1 rings (SSSR count). The van der Waals surface area contributed by atoms with E-state index in [1.54, 1.807) is 0 Å². The number of rotatable bonds is 2. The SMILES string of the molecule is NCCN1CCNCC1.[I][V]([I])[I]. The van der Waals surface area contributed by atoms with Gasteiger partial charge in [-0.3, -0.25) is 4.90 Å². The van der Waals surface area contributed by atoms with Crippen molar-refractivity contribution < 1.29 is 4.92 Å². The molecule has 0 atom stereocenters. The van der Waals surface area contributed by atoms with Gasteiger partial charge in [0.25, 0.3) is 0 Å². The third kappa shape index (κ3) is 12.6. The van der Waals surface area contributed by atoms with Crippen LogP contribution in [0.15, 0.2) is 0 Å². The van der Waals surface area contributed by atoms with Gasteiger partial charge in [-0.05, 0) is 0 Å². The molecule has 1 fully saturated rings. The Morgan fingerprint density at radius 1 is 1.23 bits per heavy atom. The number of hydrogen-bond acceptors (Lipinski definition) is 3. The first kappa shape index (κ1) is 15.7. The van der Waals surface area contributed by atoms with Gasteiger partial charge in [-0.25, -0.2) is 0 Å². The fraction of sp³-hybridized carbons (Fsp3) is 1.00. The maximum absolute atomic E-state index is 5.40. The van der Waals surface area contributed by atoms with Crippen molar-refractivity contribution in [1.82, 2.24) is 10.2 Å². The zero-order valence-electron chi connectivity index (χ0n) is 7.35. The summed E-state index contributed by atoms with van der Waals surface area (Å²) >= 11 is 7.39. The van der Waals surface area contributed by atoms with Crippen LogP contribution in [0.1, 0.15) is 0 Å². The number of nitrogens with two attached hydrogens (primary N) is 1. The normalized spacial score (nSPS) is 18.2. The molecule has 0 spiro atoms. The molecule has 0 aromatic rings. The molecule has 1 heterocycles. The molecule has 7 heteroatoms. The molecular weight excluding hydrogens is 546 g/mol. The van der Waals surface area contributed by atoms with Crippen molar-refractivity contribution in [3.05, 3.63) is 0 Å². The van der Waals surface area contributed by atoms with Gasteiger partial charge in [-0.2, -0.15) is 0 Å². The first-order chi connectivity index (χ1) is 6.16. The Morgan fingerprint density at radius 3 is 2.08 bits per heavy atom. The number of nitrogens with zero attached hydrogens (tertiary/aromatic N) is 1. The topological polar surface area (TPSA) is 41.3 Å². The second kappa shape index (κ2) is 11.1. The average molecular weight is 561 g/mol. The van der Waals surface area contributed by atoms with Crippen molar-refractivity contribution in [2.24, 2.45) is 5.73 Å². The third-order valence-electron chi connectivity index (χ3n) is 1.65. The van der Waals surface area contributed by atoms with E-state index in [2.05, 4.69) is 70.2 Å². The molecule has 0 bridgehead atoms. The van der Waals surface area contributed by atoms with E-state index in [0.29, 0.717) is 0 Å². The minimum atomic E-state index is -0.278. The summed E-state index contributed by atoms with van der Waals surface area (Å²) in [6, 6.07) is 0. The van der Waals surface area contributed by atoms with E-state index >= 15 is 0 Å². The van der Waals surface area contributed by atoms with E-state index in [1.807, 2.05) is 0 Å². The predicted molar refractivity (Wildman–Crippen MR) is 80.4 cm³/mol. The Bertz CT molecular complexity index is 106. The molecule has 0 saturated carbocycles. The van der Waals surface area contributed by atoms with Crippen LogP contribution in [0.4, 0.5) is 0 Å². The van der Waals surface area contributed by atoms with E-state index in [9.17, 15) is 0 Å². The number of piperazine rings is 1. The van der Waals surface area contributed by atoms with Crippen LogP contribution in [0.25, 0.3) is 0 Å². The molecule has 0 aromatic carbocycles. The van der Waals surface area contributed by atoms with Gasteiger partial charge < -0.3 is 11.1 Å². The summed E-state index contributed by atoms with van der Waals surface area (Å²) in [6.07, 6.45) is 0. The summed E-state index contributed by atoms with van der Waals surface area (Å²) in [5.74, 6) is 0. The molecule has 80 valence electrons.